The van der Waals surface area contributed by atoms with Crippen LogP contribution < -0.4 is 14.2 Å². The zero-order valence-corrected chi connectivity index (χ0v) is 19.1. The van der Waals surface area contributed by atoms with Crippen molar-refractivity contribution in [3.63, 3.8) is 0 Å². The number of sulfone groups is 1. The predicted octanol–water partition coefficient (Wildman–Crippen LogP) is 3.27. The Hall–Kier alpha value is -2.74. The van der Waals surface area contributed by atoms with Crippen molar-refractivity contribution in [2.45, 2.75) is 30.7 Å². The van der Waals surface area contributed by atoms with E-state index in [1.807, 2.05) is 13.0 Å². The lowest BCUT2D eigenvalue weighted by atomic mass is 10.0. The third kappa shape index (κ3) is 5.24. The second-order valence-corrected chi connectivity index (χ2v) is 9.03. The van der Waals surface area contributed by atoms with Crippen molar-refractivity contribution in [3.8, 4) is 17.2 Å². The number of nitrogens with zero attached hydrogens (tertiary/aromatic N) is 1. The van der Waals surface area contributed by atoms with Crippen LogP contribution in [0.25, 0.3) is 0 Å². The van der Waals surface area contributed by atoms with Gasteiger partial charge in [0.1, 0.15) is 0 Å². The van der Waals surface area contributed by atoms with Gasteiger partial charge in [0.15, 0.2) is 21.3 Å². The highest BCUT2D eigenvalue weighted by Crippen LogP contribution is 2.40. The Kier molecular flexibility index (Phi) is 7.72. The number of hydrogen-bond donors (Lipinski definition) is 0. The van der Waals surface area contributed by atoms with Crippen molar-refractivity contribution < 1.29 is 27.4 Å². The third-order valence-electron chi connectivity index (χ3n) is 5.16. The lowest BCUT2D eigenvalue weighted by Gasteiger charge is -2.26. The van der Waals surface area contributed by atoms with Gasteiger partial charge >= 0.3 is 0 Å². The monoisotopic (exact) mass is 435 g/mol. The van der Waals surface area contributed by atoms with Gasteiger partial charge in [-0.25, -0.2) is 8.42 Å². The van der Waals surface area contributed by atoms with Crippen molar-refractivity contribution >= 4 is 15.7 Å². The molecule has 1 amide bonds. The van der Waals surface area contributed by atoms with E-state index in [9.17, 15) is 13.2 Å². The zero-order valence-electron chi connectivity index (χ0n) is 18.3. The van der Waals surface area contributed by atoms with Gasteiger partial charge < -0.3 is 19.1 Å². The van der Waals surface area contributed by atoms with Crippen molar-refractivity contribution in [2.75, 3.05) is 34.6 Å². The van der Waals surface area contributed by atoms with Crippen LogP contribution in [-0.4, -0.2) is 53.9 Å². The van der Waals surface area contributed by atoms with E-state index in [1.165, 1.54) is 6.26 Å². The Labute approximate surface area is 178 Å². The number of ether oxygens (including phenoxy) is 3. The SMILES string of the molecule is COc1ccc(CCC(=O)N(C)C(C)c2ccc(S(C)(=O)=O)cc2)c(OC)c1OC. The van der Waals surface area contributed by atoms with E-state index in [0.29, 0.717) is 23.7 Å². The van der Waals surface area contributed by atoms with Crippen molar-refractivity contribution in [2.24, 2.45) is 0 Å². The molecule has 7 nitrogen and oxygen atoms in total. The molecule has 0 aromatic heterocycles. The maximum atomic E-state index is 12.8. The Bertz CT molecular complexity index is 985. The van der Waals surface area contributed by atoms with Crippen LogP contribution >= 0.6 is 0 Å². The summed E-state index contributed by atoms with van der Waals surface area (Å²) in [6.45, 7) is 1.91. The van der Waals surface area contributed by atoms with E-state index in [1.54, 1.807) is 63.6 Å². The maximum absolute atomic E-state index is 12.8. The number of aryl methyl sites for hydroxylation is 1. The summed E-state index contributed by atoms with van der Waals surface area (Å²) in [5, 5.41) is 0. The number of carbonyl (C=O) groups is 1. The quantitative estimate of drug-likeness (QED) is 0.601. The molecule has 0 saturated carbocycles. The Balaban J connectivity index is 2.11. The highest BCUT2D eigenvalue weighted by Gasteiger charge is 2.20. The summed E-state index contributed by atoms with van der Waals surface area (Å²) in [4.78, 5) is 14.7. The molecule has 8 heteroatoms. The van der Waals surface area contributed by atoms with Crippen LogP contribution in [-0.2, 0) is 21.1 Å². The zero-order chi connectivity index (χ0) is 22.5. The lowest BCUT2D eigenvalue weighted by molar-refractivity contribution is -0.131. The summed E-state index contributed by atoms with van der Waals surface area (Å²) in [6.07, 6.45) is 1.93. The predicted molar refractivity (Wildman–Crippen MR) is 115 cm³/mol. The summed E-state index contributed by atoms with van der Waals surface area (Å²) < 4.78 is 39.4. The van der Waals surface area contributed by atoms with Gasteiger partial charge in [0.25, 0.3) is 0 Å². The van der Waals surface area contributed by atoms with Crippen LogP contribution in [0.4, 0.5) is 0 Å². The molecule has 30 heavy (non-hydrogen) atoms. The largest absolute Gasteiger partial charge is 0.493 e. The van der Waals surface area contributed by atoms with Gasteiger partial charge in [-0.15, -0.1) is 0 Å². The minimum absolute atomic E-state index is 0.0356. The standard InChI is InChI=1S/C22H29NO6S/c1-15(16-7-11-18(12-8-16)30(6,25)26)23(2)20(24)14-10-17-9-13-19(27-3)22(29-5)21(17)28-4/h7-9,11-13,15H,10,14H2,1-6H3. The van der Waals surface area contributed by atoms with Gasteiger partial charge in [-0.2, -0.15) is 0 Å². The van der Waals surface area contributed by atoms with E-state index in [-0.39, 0.29) is 23.3 Å². The summed E-state index contributed by atoms with van der Waals surface area (Å²) in [5.41, 5.74) is 1.71. The number of hydrogen-bond acceptors (Lipinski definition) is 6. The molecule has 0 aliphatic heterocycles. The molecule has 0 aliphatic rings. The van der Waals surface area contributed by atoms with Gasteiger partial charge in [-0.3, -0.25) is 4.79 Å². The van der Waals surface area contributed by atoms with Gasteiger partial charge in [0.2, 0.25) is 11.7 Å². The molecule has 2 aromatic rings. The van der Waals surface area contributed by atoms with Gasteiger partial charge in [-0.05, 0) is 42.7 Å². The molecule has 0 fully saturated rings. The van der Waals surface area contributed by atoms with Crippen LogP contribution in [0.3, 0.4) is 0 Å². The first-order valence-electron chi connectivity index (χ1n) is 9.47. The average Bonchev–Trinajstić information content (AvgIpc) is 2.74. The van der Waals surface area contributed by atoms with Crippen molar-refractivity contribution in [3.05, 3.63) is 47.5 Å². The molecule has 164 valence electrons. The second kappa shape index (κ2) is 9.84. The first-order valence-corrected chi connectivity index (χ1v) is 11.4. The molecule has 2 aromatic carbocycles. The summed E-state index contributed by atoms with van der Waals surface area (Å²) in [5.74, 6) is 1.58. The molecule has 0 radical (unpaired) electrons. The first kappa shape index (κ1) is 23.5. The molecule has 0 bridgehead atoms. The highest BCUT2D eigenvalue weighted by atomic mass is 32.2. The molecular formula is C22H29NO6S. The van der Waals surface area contributed by atoms with Gasteiger partial charge in [0.05, 0.1) is 32.3 Å². The van der Waals surface area contributed by atoms with Gasteiger partial charge in [-0.1, -0.05) is 18.2 Å². The summed E-state index contributed by atoms with van der Waals surface area (Å²) >= 11 is 0. The Morgan fingerprint density at radius 3 is 2.07 bits per heavy atom. The van der Waals surface area contributed by atoms with E-state index < -0.39 is 9.84 Å². The fraction of sp³-hybridized carbons (Fsp3) is 0.409. The van der Waals surface area contributed by atoms with Crippen LogP contribution in [0, 0.1) is 0 Å². The smallest absolute Gasteiger partial charge is 0.223 e. The summed E-state index contributed by atoms with van der Waals surface area (Å²) in [6, 6.07) is 10.1. The highest BCUT2D eigenvalue weighted by molar-refractivity contribution is 7.90. The second-order valence-electron chi connectivity index (χ2n) is 7.02. The molecule has 2 rings (SSSR count). The van der Waals surface area contributed by atoms with Crippen LogP contribution in [0.1, 0.15) is 30.5 Å². The fourth-order valence-corrected chi connectivity index (χ4v) is 3.84. The molecule has 0 spiro atoms. The van der Waals surface area contributed by atoms with Crippen LogP contribution in [0.5, 0.6) is 17.2 Å². The summed E-state index contributed by atoms with van der Waals surface area (Å²) in [7, 11) is 3.14. The molecule has 1 unspecified atom stereocenters. The molecular weight excluding hydrogens is 406 g/mol. The normalized spacial score (nSPS) is 12.2. The van der Waals surface area contributed by atoms with Crippen LogP contribution in [0.2, 0.25) is 0 Å². The molecule has 1 atom stereocenters. The minimum atomic E-state index is -3.25. The third-order valence-corrected chi connectivity index (χ3v) is 6.29. The maximum Gasteiger partial charge on any atom is 0.223 e. The molecule has 0 saturated heterocycles. The number of methoxy groups -OCH3 is 3. The Morgan fingerprint density at radius 2 is 1.57 bits per heavy atom. The van der Waals surface area contributed by atoms with Crippen LogP contribution in [0.15, 0.2) is 41.3 Å². The van der Waals surface area contributed by atoms with E-state index >= 15 is 0 Å². The minimum Gasteiger partial charge on any atom is -0.493 e. The van der Waals surface area contributed by atoms with Crippen molar-refractivity contribution in [1.82, 2.24) is 4.90 Å². The molecule has 0 heterocycles. The number of amides is 1. The van der Waals surface area contributed by atoms with E-state index in [0.717, 1.165) is 11.1 Å². The Morgan fingerprint density at radius 1 is 0.967 bits per heavy atom. The van der Waals surface area contributed by atoms with Crippen molar-refractivity contribution in [1.29, 1.82) is 0 Å². The number of carbonyl (C=O) groups excluding carboxylic acids is 1. The fourth-order valence-electron chi connectivity index (χ4n) is 3.21. The topological polar surface area (TPSA) is 82.1 Å². The first-order chi connectivity index (χ1) is 14.1. The number of benzene rings is 2. The van der Waals surface area contributed by atoms with E-state index in [4.69, 9.17) is 14.2 Å². The van der Waals surface area contributed by atoms with E-state index in [2.05, 4.69) is 0 Å². The van der Waals surface area contributed by atoms with Gasteiger partial charge in [0, 0.05) is 19.7 Å². The number of rotatable bonds is 9. The average molecular weight is 436 g/mol. The molecule has 0 N–H and O–H groups in total. The lowest BCUT2D eigenvalue weighted by Crippen LogP contribution is -2.29. The molecule has 0 aliphatic carbocycles.